The van der Waals surface area contributed by atoms with Crippen LogP contribution < -0.4 is 10.6 Å². The van der Waals surface area contributed by atoms with Crippen LogP contribution in [-0.4, -0.2) is 29.4 Å². The van der Waals surface area contributed by atoms with Gasteiger partial charge in [-0.15, -0.1) is 0 Å². The lowest BCUT2D eigenvalue weighted by Gasteiger charge is -2.23. The maximum Gasteiger partial charge on any atom is 0.253 e. The Bertz CT molecular complexity index is 440. The highest BCUT2D eigenvalue weighted by atomic mass is 79.9. The summed E-state index contributed by atoms with van der Waals surface area (Å²) in [5.74, 6) is -0.125. The molecule has 1 atom stereocenters. The molecule has 1 aliphatic rings. The Morgan fingerprint density at radius 1 is 1.53 bits per heavy atom. The molecule has 6 heteroatoms. The maximum atomic E-state index is 11.9. The molecule has 1 aliphatic heterocycles. The van der Waals surface area contributed by atoms with Gasteiger partial charge < -0.3 is 10.6 Å². The van der Waals surface area contributed by atoms with Gasteiger partial charge >= 0.3 is 0 Å². The average molecular weight is 298 g/mol. The van der Waals surface area contributed by atoms with Gasteiger partial charge in [-0.25, -0.2) is 0 Å². The first-order chi connectivity index (χ1) is 8.15. The van der Waals surface area contributed by atoms with Gasteiger partial charge in [0.2, 0.25) is 5.91 Å². The van der Waals surface area contributed by atoms with Crippen molar-refractivity contribution in [2.24, 2.45) is 0 Å². The number of carbonyl (C=O) groups is 2. The quantitative estimate of drug-likeness (QED) is 0.850. The van der Waals surface area contributed by atoms with Crippen LogP contribution in [0.2, 0.25) is 0 Å². The van der Waals surface area contributed by atoms with E-state index < -0.39 is 0 Å². The maximum absolute atomic E-state index is 11.9. The van der Waals surface area contributed by atoms with Crippen LogP contribution in [-0.2, 0) is 4.79 Å². The smallest absolute Gasteiger partial charge is 0.253 e. The van der Waals surface area contributed by atoms with Gasteiger partial charge in [-0.05, 0) is 28.4 Å². The molecule has 0 aromatic carbocycles. The number of hydrogen-bond acceptors (Lipinski definition) is 3. The van der Waals surface area contributed by atoms with Gasteiger partial charge in [-0.2, -0.15) is 0 Å². The number of amides is 2. The number of halogens is 1. The molecule has 0 saturated carbocycles. The van der Waals surface area contributed by atoms with E-state index in [9.17, 15) is 9.59 Å². The molecule has 2 N–H and O–H groups in total. The summed E-state index contributed by atoms with van der Waals surface area (Å²) >= 11 is 3.26. The molecule has 1 aromatic rings. The van der Waals surface area contributed by atoms with E-state index in [4.69, 9.17) is 0 Å². The highest BCUT2D eigenvalue weighted by Gasteiger charge is 2.20. The molecule has 0 aliphatic carbocycles. The van der Waals surface area contributed by atoms with Crippen LogP contribution in [0.15, 0.2) is 22.9 Å². The molecular formula is C11H12BrN3O2. The van der Waals surface area contributed by atoms with E-state index in [0.29, 0.717) is 24.9 Å². The summed E-state index contributed by atoms with van der Waals surface area (Å²) in [6, 6.07) is 1.71. The number of pyridine rings is 1. The highest BCUT2D eigenvalue weighted by Crippen LogP contribution is 2.10. The van der Waals surface area contributed by atoms with E-state index >= 15 is 0 Å². The number of carbonyl (C=O) groups excluding carboxylic acids is 2. The Morgan fingerprint density at radius 3 is 3.00 bits per heavy atom. The van der Waals surface area contributed by atoms with Gasteiger partial charge in [0.1, 0.15) is 0 Å². The number of nitrogens with zero attached hydrogens (tertiary/aromatic N) is 1. The first-order valence-electron chi connectivity index (χ1n) is 5.33. The van der Waals surface area contributed by atoms with Crippen LogP contribution in [0, 0.1) is 0 Å². The Labute approximate surface area is 107 Å². The third-order valence-corrected chi connectivity index (χ3v) is 3.00. The topological polar surface area (TPSA) is 71.1 Å². The van der Waals surface area contributed by atoms with Crippen LogP contribution in [0.5, 0.6) is 0 Å². The largest absolute Gasteiger partial charge is 0.354 e. The molecule has 1 unspecified atom stereocenters. The summed E-state index contributed by atoms with van der Waals surface area (Å²) in [5.41, 5.74) is 0.510. The summed E-state index contributed by atoms with van der Waals surface area (Å²) in [6.07, 6.45) is 4.28. The fourth-order valence-corrected chi connectivity index (χ4v) is 2.03. The minimum Gasteiger partial charge on any atom is -0.354 e. The van der Waals surface area contributed by atoms with E-state index in [1.54, 1.807) is 12.3 Å². The molecule has 90 valence electrons. The SMILES string of the molecule is O=C1CCC(NC(=O)c2cncc(Br)c2)CN1. The zero-order chi connectivity index (χ0) is 12.3. The van der Waals surface area contributed by atoms with Crippen molar-refractivity contribution in [1.82, 2.24) is 15.6 Å². The standard InChI is InChI=1S/C11H12BrN3O2/c12-8-3-7(4-13-5-8)11(17)15-9-1-2-10(16)14-6-9/h3-5,9H,1-2,6H2,(H,14,16)(H,15,17). The van der Waals surface area contributed by atoms with Gasteiger partial charge in [-0.1, -0.05) is 0 Å². The Kier molecular flexibility index (Phi) is 3.73. The first-order valence-corrected chi connectivity index (χ1v) is 6.12. The number of nitrogens with one attached hydrogen (secondary N) is 2. The van der Waals surface area contributed by atoms with Crippen molar-refractivity contribution in [3.8, 4) is 0 Å². The molecule has 2 heterocycles. The lowest BCUT2D eigenvalue weighted by atomic mass is 10.1. The fraction of sp³-hybridized carbons (Fsp3) is 0.364. The Morgan fingerprint density at radius 2 is 2.35 bits per heavy atom. The number of piperidine rings is 1. The van der Waals surface area contributed by atoms with E-state index in [1.807, 2.05) is 0 Å². The molecule has 0 bridgehead atoms. The minimum absolute atomic E-state index is 0.000758. The molecule has 2 rings (SSSR count). The summed E-state index contributed by atoms with van der Waals surface area (Å²) in [6.45, 7) is 0.492. The second kappa shape index (κ2) is 5.27. The van der Waals surface area contributed by atoms with Crippen LogP contribution in [0.4, 0.5) is 0 Å². The van der Waals surface area contributed by atoms with E-state index in [0.717, 1.165) is 4.47 Å². The van der Waals surface area contributed by atoms with Crippen LogP contribution in [0.25, 0.3) is 0 Å². The molecule has 0 spiro atoms. The number of rotatable bonds is 2. The predicted octanol–water partition coefficient (Wildman–Crippen LogP) is 0.853. The van der Waals surface area contributed by atoms with E-state index in [-0.39, 0.29) is 17.9 Å². The summed E-state index contributed by atoms with van der Waals surface area (Å²) < 4.78 is 0.766. The molecule has 5 nitrogen and oxygen atoms in total. The summed E-state index contributed by atoms with van der Waals surface area (Å²) in [5, 5.41) is 5.59. The van der Waals surface area contributed by atoms with Gasteiger partial charge in [0.25, 0.3) is 5.91 Å². The van der Waals surface area contributed by atoms with Crippen molar-refractivity contribution in [2.75, 3.05) is 6.54 Å². The Hall–Kier alpha value is -1.43. The normalized spacial score (nSPS) is 19.6. The average Bonchev–Trinajstić information content (AvgIpc) is 2.32. The molecule has 17 heavy (non-hydrogen) atoms. The van der Waals surface area contributed by atoms with E-state index in [2.05, 4.69) is 31.5 Å². The van der Waals surface area contributed by atoms with Gasteiger partial charge in [0.15, 0.2) is 0 Å². The van der Waals surface area contributed by atoms with Crippen LogP contribution >= 0.6 is 15.9 Å². The van der Waals surface area contributed by atoms with Gasteiger partial charge in [0.05, 0.1) is 5.56 Å². The Balaban J connectivity index is 1.95. The second-order valence-corrected chi connectivity index (χ2v) is 4.82. The highest BCUT2D eigenvalue weighted by molar-refractivity contribution is 9.10. The second-order valence-electron chi connectivity index (χ2n) is 3.90. The van der Waals surface area contributed by atoms with Crippen molar-refractivity contribution in [2.45, 2.75) is 18.9 Å². The molecule has 1 saturated heterocycles. The van der Waals surface area contributed by atoms with Crippen molar-refractivity contribution in [3.63, 3.8) is 0 Å². The number of hydrogen-bond donors (Lipinski definition) is 2. The summed E-state index contributed by atoms with van der Waals surface area (Å²) in [7, 11) is 0. The lowest BCUT2D eigenvalue weighted by Crippen LogP contribution is -2.47. The molecule has 2 amide bonds. The fourth-order valence-electron chi connectivity index (χ4n) is 1.66. The third-order valence-electron chi connectivity index (χ3n) is 2.57. The third kappa shape index (κ3) is 3.26. The van der Waals surface area contributed by atoms with Gasteiger partial charge in [0, 0.05) is 35.9 Å². The zero-order valence-electron chi connectivity index (χ0n) is 9.07. The first kappa shape index (κ1) is 12.0. The minimum atomic E-state index is -0.167. The molecular weight excluding hydrogens is 286 g/mol. The van der Waals surface area contributed by atoms with Crippen molar-refractivity contribution in [3.05, 3.63) is 28.5 Å². The summed E-state index contributed by atoms with van der Waals surface area (Å²) in [4.78, 5) is 26.8. The molecule has 1 fully saturated rings. The molecule has 1 aromatic heterocycles. The zero-order valence-corrected chi connectivity index (χ0v) is 10.7. The predicted molar refractivity (Wildman–Crippen MR) is 65.4 cm³/mol. The number of aromatic nitrogens is 1. The van der Waals surface area contributed by atoms with Crippen molar-refractivity contribution < 1.29 is 9.59 Å². The molecule has 0 radical (unpaired) electrons. The van der Waals surface area contributed by atoms with Crippen LogP contribution in [0.3, 0.4) is 0 Å². The monoisotopic (exact) mass is 297 g/mol. The van der Waals surface area contributed by atoms with Crippen molar-refractivity contribution in [1.29, 1.82) is 0 Å². The van der Waals surface area contributed by atoms with E-state index in [1.165, 1.54) is 6.20 Å². The van der Waals surface area contributed by atoms with Crippen LogP contribution in [0.1, 0.15) is 23.2 Å². The lowest BCUT2D eigenvalue weighted by molar-refractivity contribution is -0.122. The van der Waals surface area contributed by atoms with Gasteiger partial charge in [-0.3, -0.25) is 14.6 Å². The van der Waals surface area contributed by atoms with Crippen molar-refractivity contribution >= 4 is 27.7 Å².